The molecule has 0 radical (unpaired) electrons. The van der Waals surface area contributed by atoms with Crippen LogP contribution < -0.4 is 4.74 Å². The number of halogens is 3. The van der Waals surface area contributed by atoms with E-state index in [0.29, 0.717) is 23.5 Å². The zero-order chi connectivity index (χ0) is 22.2. The topological polar surface area (TPSA) is 9.23 Å². The Morgan fingerprint density at radius 3 is 2.19 bits per heavy atom. The highest BCUT2D eigenvalue weighted by molar-refractivity contribution is 5.65. The van der Waals surface area contributed by atoms with Gasteiger partial charge in [0, 0.05) is 5.56 Å². The van der Waals surface area contributed by atoms with Gasteiger partial charge in [-0.05, 0) is 60.9 Å². The molecule has 3 rings (SSSR count). The summed E-state index contributed by atoms with van der Waals surface area (Å²) in [5.74, 6) is -0.967. The molecule has 0 atom stereocenters. The highest BCUT2D eigenvalue weighted by Gasteiger charge is 2.21. The second-order valence-electron chi connectivity index (χ2n) is 8.90. The molecule has 1 aliphatic carbocycles. The third kappa shape index (κ3) is 6.27. The number of benzene rings is 2. The highest BCUT2D eigenvalue weighted by Crippen LogP contribution is 2.35. The Kier molecular flexibility index (Phi) is 8.86. The fourth-order valence-electron chi connectivity index (χ4n) is 4.79. The molecular formula is C27H35F3O. The van der Waals surface area contributed by atoms with Gasteiger partial charge in [0.25, 0.3) is 0 Å². The first-order valence-corrected chi connectivity index (χ1v) is 11.9. The maximum atomic E-state index is 14.7. The van der Waals surface area contributed by atoms with E-state index >= 15 is 0 Å². The first-order valence-electron chi connectivity index (χ1n) is 11.9. The van der Waals surface area contributed by atoms with Crippen LogP contribution >= 0.6 is 0 Å². The molecule has 0 heterocycles. The van der Waals surface area contributed by atoms with Crippen molar-refractivity contribution in [2.75, 3.05) is 6.61 Å². The van der Waals surface area contributed by atoms with Crippen molar-refractivity contribution < 1.29 is 17.9 Å². The molecule has 0 spiro atoms. The van der Waals surface area contributed by atoms with E-state index in [-0.39, 0.29) is 23.7 Å². The largest absolute Gasteiger partial charge is 0.491 e. The van der Waals surface area contributed by atoms with Gasteiger partial charge in [-0.2, -0.15) is 4.39 Å². The minimum absolute atomic E-state index is 0.0489. The van der Waals surface area contributed by atoms with E-state index < -0.39 is 11.6 Å². The Balaban J connectivity index is 1.57. The number of hydrogen-bond acceptors (Lipinski definition) is 1. The van der Waals surface area contributed by atoms with E-state index in [4.69, 9.17) is 4.74 Å². The minimum atomic E-state index is -1.03. The smallest absolute Gasteiger partial charge is 0.201 e. The molecule has 31 heavy (non-hydrogen) atoms. The minimum Gasteiger partial charge on any atom is -0.491 e. The third-order valence-corrected chi connectivity index (χ3v) is 6.71. The van der Waals surface area contributed by atoms with Gasteiger partial charge >= 0.3 is 0 Å². The first kappa shape index (κ1) is 23.7. The van der Waals surface area contributed by atoms with Crippen molar-refractivity contribution in [3.8, 4) is 16.9 Å². The molecule has 1 saturated carbocycles. The molecule has 0 aromatic heterocycles. The first-order chi connectivity index (χ1) is 15.0. The van der Waals surface area contributed by atoms with Crippen LogP contribution in [0.25, 0.3) is 11.1 Å². The second kappa shape index (κ2) is 11.6. The van der Waals surface area contributed by atoms with Crippen LogP contribution in [-0.4, -0.2) is 6.61 Å². The summed E-state index contributed by atoms with van der Waals surface area (Å²) in [5, 5.41) is 0. The Hall–Kier alpha value is -1.97. The summed E-state index contributed by atoms with van der Waals surface area (Å²) in [6, 6.07) is 7.55. The van der Waals surface area contributed by atoms with Crippen molar-refractivity contribution >= 4 is 0 Å². The SMILES string of the molecule is CCCCCC1CCC(CCc2ccc(-c3ccc(OCC)c(F)c3F)cc2F)CC1. The number of ether oxygens (including phenoxy) is 1. The van der Waals surface area contributed by atoms with Gasteiger partial charge in [-0.25, -0.2) is 8.78 Å². The molecule has 1 aliphatic rings. The van der Waals surface area contributed by atoms with E-state index in [9.17, 15) is 13.2 Å². The third-order valence-electron chi connectivity index (χ3n) is 6.71. The maximum Gasteiger partial charge on any atom is 0.201 e. The molecule has 0 N–H and O–H groups in total. The van der Waals surface area contributed by atoms with Gasteiger partial charge in [0.05, 0.1) is 6.61 Å². The van der Waals surface area contributed by atoms with Crippen LogP contribution in [0.5, 0.6) is 5.75 Å². The highest BCUT2D eigenvalue weighted by atomic mass is 19.2. The molecule has 0 aliphatic heterocycles. The predicted molar refractivity (Wildman–Crippen MR) is 121 cm³/mol. The van der Waals surface area contributed by atoms with Crippen LogP contribution in [0.3, 0.4) is 0 Å². The quantitative estimate of drug-likeness (QED) is 0.342. The van der Waals surface area contributed by atoms with Gasteiger partial charge in [0.15, 0.2) is 11.6 Å². The summed E-state index contributed by atoms with van der Waals surface area (Å²) < 4.78 is 48.4. The van der Waals surface area contributed by atoms with E-state index in [1.54, 1.807) is 19.1 Å². The lowest BCUT2D eigenvalue weighted by Crippen LogP contribution is -2.15. The van der Waals surface area contributed by atoms with E-state index in [2.05, 4.69) is 6.92 Å². The summed E-state index contributed by atoms with van der Waals surface area (Å²) in [4.78, 5) is 0. The normalized spacial score (nSPS) is 18.9. The van der Waals surface area contributed by atoms with Gasteiger partial charge in [-0.15, -0.1) is 0 Å². The zero-order valence-electron chi connectivity index (χ0n) is 18.9. The molecule has 4 heteroatoms. The van der Waals surface area contributed by atoms with Crippen LogP contribution in [0.15, 0.2) is 30.3 Å². The van der Waals surface area contributed by atoms with Crippen LogP contribution in [0, 0.1) is 29.3 Å². The van der Waals surface area contributed by atoms with Crippen LogP contribution in [-0.2, 0) is 6.42 Å². The van der Waals surface area contributed by atoms with Crippen LogP contribution in [0.2, 0.25) is 0 Å². The number of rotatable bonds is 10. The Morgan fingerprint density at radius 2 is 1.55 bits per heavy atom. The molecule has 170 valence electrons. The van der Waals surface area contributed by atoms with E-state index in [1.807, 2.05) is 0 Å². The van der Waals surface area contributed by atoms with E-state index in [0.717, 1.165) is 12.3 Å². The lowest BCUT2D eigenvalue weighted by atomic mass is 9.77. The molecule has 2 aromatic carbocycles. The molecular weight excluding hydrogens is 397 g/mol. The fourth-order valence-corrected chi connectivity index (χ4v) is 4.79. The maximum absolute atomic E-state index is 14.7. The van der Waals surface area contributed by atoms with Gasteiger partial charge in [-0.1, -0.05) is 70.4 Å². The van der Waals surface area contributed by atoms with Crippen LogP contribution in [0.1, 0.15) is 77.2 Å². The molecule has 1 fully saturated rings. The van der Waals surface area contributed by atoms with Crippen molar-refractivity contribution in [3.05, 3.63) is 53.3 Å². The van der Waals surface area contributed by atoms with Crippen molar-refractivity contribution in [1.29, 1.82) is 0 Å². The average molecular weight is 433 g/mol. The van der Waals surface area contributed by atoms with Crippen molar-refractivity contribution in [2.45, 2.75) is 78.1 Å². The van der Waals surface area contributed by atoms with Gasteiger partial charge in [0.1, 0.15) is 5.82 Å². The molecule has 2 aromatic rings. The Bertz CT molecular complexity index is 841. The summed E-state index contributed by atoms with van der Waals surface area (Å²) in [5.41, 5.74) is 1.04. The van der Waals surface area contributed by atoms with Crippen molar-refractivity contribution in [3.63, 3.8) is 0 Å². The van der Waals surface area contributed by atoms with Crippen molar-refractivity contribution in [1.82, 2.24) is 0 Å². The summed E-state index contributed by atoms with van der Waals surface area (Å²) >= 11 is 0. The van der Waals surface area contributed by atoms with Crippen LogP contribution in [0.4, 0.5) is 13.2 Å². The van der Waals surface area contributed by atoms with Gasteiger partial charge in [0.2, 0.25) is 5.82 Å². The number of aryl methyl sites for hydroxylation is 1. The lowest BCUT2D eigenvalue weighted by Gasteiger charge is -2.28. The summed E-state index contributed by atoms with van der Waals surface area (Å²) in [6.45, 7) is 4.20. The molecule has 0 bridgehead atoms. The van der Waals surface area contributed by atoms with E-state index in [1.165, 1.54) is 69.6 Å². The zero-order valence-corrected chi connectivity index (χ0v) is 18.9. The Morgan fingerprint density at radius 1 is 0.839 bits per heavy atom. The summed E-state index contributed by atoms with van der Waals surface area (Å²) in [6.07, 6.45) is 12.1. The lowest BCUT2D eigenvalue weighted by molar-refractivity contribution is 0.248. The molecule has 1 nitrogen and oxygen atoms in total. The Labute approximate surface area is 185 Å². The number of unbranched alkanes of at least 4 members (excludes halogenated alkanes) is 2. The number of hydrogen-bond donors (Lipinski definition) is 0. The average Bonchev–Trinajstić information content (AvgIpc) is 2.77. The standard InChI is InChI=1S/C27H35F3O/c1-3-5-6-7-19-8-10-20(11-9-19)12-13-21-14-15-22(18-24(21)28)23-16-17-25(31-4-2)27(30)26(23)29/h14-20H,3-13H2,1-2H3. The van der Waals surface area contributed by atoms with Gasteiger partial charge in [-0.3, -0.25) is 0 Å². The summed E-state index contributed by atoms with van der Waals surface area (Å²) in [7, 11) is 0. The second-order valence-corrected chi connectivity index (χ2v) is 8.90. The molecule has 0 amide bonds. The predicted octanol–water partition coefficient (Wildman–Crippen LogP) is 8.49. The van der Waals surface area contributed by atoms with Gasteiger partial charge < -0.3 is 4.74 Å². The monoisotopic (exact) mass is 432 g/mol. The molecule has 0 unspecified atom stereocenters. The van der Waals surface area contributed by atoms with Crippen molar-refractivity contribution in [2.24, 2.45) is 11.8 Å². The fraction of sp³-hybridized carbons (Fsp3) is 0.556. The molecule has 0 saturated heterocycles.